The molecule has 2 bridgehead atoms. The van der Waals surface area contributed by atoms with Crippen molar-refractivity contribution in [1.82, 2.24) is 10.3 Å². The highest BCUT2D eigenvalue weighted by Gasteiger charge is 2.35. The maximum Gasteiger partial charge on any atom is 0.251 e. The van der Waals surface area contributed by atoms with E-state index in [9.17, 15) is 9.59 Å². The highest BCUT2D eigenvalue weighted by molar-refractivity contribution is 7.22. The molecule has 6 heteroatoms. The number of rotatable bonds is 4. The molecule has 124 valence electrons. The van der Waals surface area contributed by atoms with E-state index in [1.165, 1.54) is 31.1 Å². The molecule has 0 unspecified atom stereocenters. The van der Waals surface area contributed by atoms with Gasteiger partial charge in [-0.25, -0.2) is 4.98 Å². The number of carbonyl (C=O) groups excluding carboxylic acids is 2. The molecule has 0 saturated heterocycles. The summed E-state index contributed by atoms with van der Waals surface area (Å²) in [5.74, 6) is 1.74. The predicted octanol–water partition coefficient (Wildman–Crippen LogP) is 3.20. The van der Waals surface area contributed by atoms with Crippen molar-refractivity contribution in [3.8, 4) is 0 Å². The average Bonchev–Trinajstić information content (AvgIpc) is 3.25. The quantitative estimate of drug-likeness (QED) is 0.839. The van der Waals surface area contributed by atoms with Gasteiger partial charge in [0.25, 0.3) is 5.91 Å². The van der Waals surface area contributed by atoms with Gasteiger partial charge in [0, 0.05) is 19.0 Å². The highest BCUT2D eigenvalue weighted by atomic mass is 32.1. The number of amides is 2. The molecule has 3 atom stereocenters. The van der Waals surface area contributed by atoms with E-state index in [0.717, 1.165) is 22.7 Å². The van der Waals surface area contributed by atoms with Gasteiger partial charge in [0.2, 0.25) is 5.91 Å². The van der Waals surface area contributed by atoms with Gasteiger partial charge >= 0.3 is 0 Å². The molecule has 2 aromatic rings. The molecule has 0 radical (unpaired) electrons. The maximum absolute atomic E-state index is 12.4. The van der Waals surface area contributed by atoms with Gasteiger partial charge < -0.3 is 10.6 Å². The molecule has 2 amide bonds. The van der Waals surface area contributed by atoms with E-state index in [-0.39, 0.29) is 11.8 Å². The molecule has 1 saturated carbocycles. The third-order valence-corrected chi connectivity index (χ3v) is 5.81. The Labute approximate surface area is 144 Å². The van der Waals surface area contributed by atoms with Gasteiger partial charge in [-0.05, 0) is 48.8 Å². The first kappa shape index (κ1) is 15.3. The Bertz CT molecular complexity index is 842. The summed E-state index contributed by atoms with van der Waals surface area (Å²) in [6.07, 6.45) is 7.06. The summed E-state index contributed by atoms with van der Waals surface area (Å²) in [5.41, 5.74) is 1.43. The number of hydrogen-bond donors (Lipinski definition) is 2. The minimum Gasteiger partial charge on any atom is -0.352 e. The van der Waals surface area contributed by atoms with Crippen LogP contribution in [0.3, 0.4) is 0 Å². The maximum atomic E-state index is 12.4. The summed E-state index contributed by atoms with van der Waals surface area (Å²) in [4.78, 5) is 27.9. The lowest BCUT2D eigenvalue weighted by Gasteiger charge is -2.18. The Morgan fingerprint density at radius 3 is 2.88 bits per heavy atom. The molecule has 0 spiro atoms. The number of anilines is 1. The van der Waals surface area contributed by atoms with Crippen LogP contribution in [-0.4, -0.2) is 23.3 Å². The monoisotopic (exact) mass is 341 g/mol. The highest BCUT2D eigenvalue weighted by Crippen LogP contribution is 2.42. The van der Waals surface area contributed by atoms with Gasteiger partial charge in [0.1, 0.15) is 0 Å². The molecule has 5 nitrogen and oxygen atoms in total. The lowest BCUT2D eigenvalue weighted by atomic mass is 9.93. The van der Waals surface area contributed by atoms with Crippen LogP contribution in [0.4, 0.5) is 5.13 Å². The summed E-state index contributed by atoms with van der Waals surface area (Å²) in [6, 6.07) is 5.45. The van der Waals surface area contributed by atoms with Crippen molar-refractivity contribution in [2.75, 3.05) is 11.9 Å². The van der Waals surface area contributed by atoms with E-state index in [4.69, 9.17) is 0 Å². The second-order valence-electron chi connectivity index (χ2n) is 6.63. The number of fused-ring (bicyclic) bond motifs is 3. The number of hydrogen-bond acceptors (Lipinski definition) is 4. The van der Waals surface area contributed by atoms with Crippen LogP contribution in [-0.2, 0) is 4.79 Å². The zero-order chi connectivity index (χ0) is 16.7. The fourth-order valence-electron chi connectivity index (χ4n) is 3.73. The van der Waals surface area contributed by atoms with Crippen molar-refractivity contribution in [2.45, 2.75) is 19.8 Å². The summed E-state index contributed by atoms with van der Waals surface area (Å²) < 4.78 is 0.897. The number of aromatic nitrogens is 1. The predicted molar refractivity (Wildman–Crippen MR) is 95.1 cm³/mol. The molecule has 24 heavy (non-hydrogen) atoms. The first-order chi connectivity index (χ1) is 11.6. The normalized spacial score (nSPS) is 24.5. The molecular weight excluding hydrogens is 322 g/mol. The number of carbonyl (C=O) groups is 2. The van der Waals surface area contributed by atoms with Gasteiger partial charge in [-0.2, -0.15) is 0 Å². The lowest BCUT2D eigenvalue weighted by Crippen LogP contribution is -2.30. The Hall–Kier alpha value is -2.21. The minimum absolute atomic E-state index is 0.0434. The van der Waals surface area contributed by atoms with Crippen molar-refractivity contribution in [2.24, 2.45) is 17.8 Å². The SMILES string of the molecule is CC(=O)Nc1nc2ccc(C(=O)NC[C@@H]3C[C@@H]4C=C[C@H]3C4)cc2s1. The van der Waals surface area contributed by atoms with E-state index < -0.39 is 0 Å². The van der Waals surface area contributed by atoms with Crippen LogP contribution in [0.1, 0.15) is 30.1 Å². The largest absolute Gasteiger partial charge is 0.352 e. The number of nitrogens with zero attached hydrogens (tertiary/aromatic N) is 1. The fraction of sp³-hybridized carbons (Fsp3) is 0.389. The molecule has 4 rings (SSSR count). The standard InChI is InChI=1S/C18H19N3O2S/c1-10(22)20-18-21-15-5-4-13(8-16(15)24-18)17(23)19-9-14-7-11-2-3-12(14)6-11/h2-5,8,11-12,14H,6-7,9H2,1H3,(H,19,23)(H,20,21,22)/t11-,12+,14+/m1/s1. The third-order valence-electron chi connectivity index (χ3n) is 4.87. The number of allylic oxidation sites excluding steroid dienone is 2. The molecule has 1 heterocycles. The second-order valence-corrected chi connectivity index (χ2v) is 7.66. The molecule has 1 fully saturated rings. The van der Waals surface area contributed by atoms with Crippen LogP contribution in [0.25, 0.3) is 10.2 Å². The molecule has 2 aliphatic carbocycles. The van der Waals surface area contributed by atoms with Crippen LogP contribution in [0.2, 0.25) is 0 Å². The lowest BCUT2D eigenvalue weighted by molar-refractivity contribution is -0.114. The summed E-state index contributed by atoms with van der Waals surface area (Å²) in [5, 5.41) is 6.31. The zero-order valence-corrected chi connectivity index (χ0v) is 14.2. The van der Waals surface area contributed by atoms with Crippen molar-refractivity contribution in [1.29, 1.82) is 0 Å². The molecule has 2 N–H and O–H groups in total. The van der Waals surface area contributed by atoms with Crippen LogP contribution >= 0.6 is 11.3 Å². The molecule has 1 aromatic carbocycles. The van der Waals surface area contributed by atoms with Gasteiger partial charge in [0.15, 0.2) is 5.13 Å². The van der Waals surface area contributed by atoms with Gasteiger partial charge in [0.05, 0.1) is 10.2 Å². The second kappa shape index (κ2) is 6.02. The van der Waals surface area contributed by atoms with Crippen LogP contribution in [0.5, 0.6) is 0 Å². The van der Waals surface area contributed by atoms with E-state index in [0.29, 0.717) is 22.5 Å². The van der Waals surface area contributed by atoms with Gasteiger partial charge in [-0.1, -0.05) is 23.5 Å². The molecular formula is C18H19N3O2S. The van der Waals surface area contributed by atoms with Crippen molar-refractivity contribution < 1.29 is 9.59 Å². The summed E-state index contributed by atoms with van der Waals surface area (Å²) >= 11 is 1.38. The Morgan fingerprint density at radius 2 is 2.17 bits per heavy atom. The van der Waals surface area contributed by atoms with E-state index in [2.05, 4.69) is 27.8 Å². The van der Waals surface area contributed by atoms with Crippen molar-refractivity contribution >= 4 is 38.5 Å². The summed E-state index contributed by atoms with van der Waals surface area (Å²) in [6.45, 7) is 2.19. The Kier molecular flexibility index (Phi) is 3.84. The van der Waals surface area contributed by atoms with Crippen LogP contribution in [0, 0.1) is 17.8 Å². The smallest absolute Gasteiger partial charge is 0.251 e. The first-order valence-electron chi connectivity index (χ1n) is 8.23. The zero-order valence-electron chi connectivity index (χ0n) is 13.4. The molecule has 2 aliphatic rings. The number of benzene rings is 1. The first-order valence-corrected chi connectivity index (χ1v) is 9.05. The number of nitrogens with one attached hydrogen (secondary N) is 2. The Morgan fingerprint density at radius 1 is 1.29 bits per heavy atom. The molecule has 0 aliphatic heterocycles. The summed E-state index contributed by atoms with van der Waals surface area (Å²) in [7, 11) is 0. The van der Waals surface area contributed by atoms with Crippen molar-refractivity contribution in [3.63, 3.8) is 0 Å². The van der Waals surface area contributed by atoms with Crippen LogP contribution in [0.15, 0.2) is 30.4 Å². The Balaban J connectivity index is 1.44. The van der Waals surface area contributed by atoms with Gasteiger partial charge in [-0.3, -0.25) is 9.59 Å². The third kappa shape index (κ3) is 2.94. The number of thiazole rings is 1. The van der Waals surface area contributed by atoms with E-state index in [1.54, 1.807) is 6.07 Å². The fourth-order valence-corrected chi connectivity index (χ4v) is 4.68. The average molecular weight is 341 g/mol. The van der Waals surface area contributed by atoms with Crippen molar-refractivity contribution in [3.05, 3.63) is 35.9 Å². The van der Waals surface area contributed by atoms with Gasteiger partial charge in [-0.15, -0.1) is 0 Å². The van der Waals surface area contributed by atoms with E-state index in [1.807, 2.05) is 12.1 Å². The molecule has 1 aromatic heterocycles. The van der Waals surface area contributed by atoms with Crippen LogP contribution < -0.4 is 10.6 Å². The van der Waals surface area contributed by atoms with E-state index >= 15 is 0 Å². The topological polar surface area (TPSA) is 71.1 Å². The minimum atomic E-state index is -0.146.